The van der Waals surface area contributed by atoms with Gasteiger partial charge in [0.2, 0.25) is 0 Å². The number of hydrogen-bond acceptors (Lipinski definition) is 2. The molecule has 1 aromatic carbocycles. The van der Waals surface area contributed by atoms with Gasteiger partial charge in [0.15, 0.2) is 0 Å². The van der Waals surface area contributed by atoms with Crippen LogP contribution in [0.1, 0.15) is 13.4 Å². The van der Waals surface area contributed by atoms with Gasteiger partial charge in [-0.05, 0) is 24.5 Å². The number of fused-ring (bicyclic) bond motifs is 1. The summed E-state index contributed by atoms with van der Waals surface area (Å²) in [6.45, 7) is 0.357. The van der Waals surface area contributed by atoms with E-state index in [1.54, 1.807) is 12.1 Å². The van der Waals surface area contributed by atoms with Gasteiger partial charge in [0.25, 0.3) is 0 Å². The molecule has 1 aliphatic heterocycles. The summed E-state index contributed by atoms with van der Waals surface area (Å²) in [7, 11) is -4.11. The van der Waals surface area contributed by atoms with Crippen molar-refractivity contribution in [1.82, 2.24) is 0 Å². The molecule has 1 aliphatic rings. The SMILES string of the molecule is O=S(=O)(O)N1CCCc2ccccc21.[H-].[Na+]. The van der Waals surface area contributed by atoms with Crippen LogP contribution in [0.25, 0.3) is 0 Å². The minimum Gasteiger partial charge on any atom is -1.00 e. The van der Waals surface area contributed by atoms with Gasteiger partial charge in [-0.2, -0.15) is 8.42 Å². The molecule has 0 amide bonds. The zero-order valence-electron chi connectivity index (χ0n) is 9.55. The van der Waals surface area contributed by atoms with Crippen LogP contribution < -0.4 is 33.9 Å². The van der Waals surface area contributed by atoms with Crippen LogP contribution in [0.4, 0.5) is 5.69 Å². The zero-order chi connectivity index (χ0) is 10.2. The van der Waals surface area contributed by atoms with Crippen LogP contribution >= 0.6 is 0 Å². The van der Waals surface area contributed by atoms with Crippen molar-refractivity contribution in [2.24, 2.45) is 0 Å². The van der Waals surface area contributed by atoms with Crippen molar-refractivity contribution in [3.05, 3.63) is 29.8 Å². The van der Waals surface area contributed by atoms with Crippen LogP contribution in [-0.4, -0.2) is 19.5 Å². The van der Waals surface area contributed by atoms with E-state index < -0.39 is 10.3 Å². The summed E-state index contributed by atoms with van der Waals surface area (Å²) in [5, 5.41) is 0. The Morgan fingerprint density at radius 2 is 2.00 bits per heavy atom. The van der Waals surface area contributed by atoms with Crippen LogP contribution in [0, 0.1) is 0 Å². The Balaban J connectivity index is 0.00000112. The summed E-state index contributed by atoms with van der Waals surface area (Å²) in [6, 6.07) is 7.23. The van der Waals surface area contributed by atoms with E-state index in [0.717, 1.165) is 22.7 Å². The van der Waals surface area contributed by atoms with Crippen LogP contribution in [0.3, 0.4) is 0 Å². The third kappa shape index (κ3) is 2.73. The number of nitrogens with zero attached hydrogens (tertiary/aromatic N) is 1. The normalized spacial score (nSPS) is 15.4. The van der Waals surface area contributed by atoms with E-state index >= 15 is 0 Å². The predicted molar refractivity (Wildman–Crippen MR) is 54.8 cm³/mol. The van der Waals surface area contributed by atoms with Crippen LogP contribution in [0.15, 0.2) is 24.3 Å². The largest absolute Gasteiger partial charge is 1.00 e. The van der Waals surface area contributed by atoms with E-state index in [4.69, 9.17) is 4.55 Å². The second-order valence-corrected chi connectivity index (χ2v) is 4.62. The van der Waals surface area contributed by atoms with Crippen molar-refractivity contribution in [2.45, 2.75) is 12.8 Å². The first-order valence-electron chi connectivity index (χ1n) is 4.42. The third-order valence-electron chi connectivity index (χ3n) is 2.35. The minimum atomic E-state index is -4.11. The van der Waals surface area contributed by atoms with Crippen molar-refractivity contribution < 1.29 is 44.0 Å². The molecule has 0 aromatic heterocycles. The van der Waals surface area contributed by atoms with Gasteiger partial charge in [0.1, 0.15) is 0 Å². The number of aryl methyl sites for hydroxylation is 1. The fourth-order valence-electron chi connectivity index (χ4n) is 1.74. The summed E-state index contributed by atoms with van der Waals surface area (Å²) in [6.07, 6.45) is 1.61. The average molecular weight is 237 g/mol. The molecule has 1 N–H and O–H groups in total. The number of rotatable bonds is 1. The van der Waals surface area contributed by atoms with Crippen LogP contribution in [0.5, 0.6) is 0 Å². The van der Waals surface area contributed by atoms with Crippen molar-refractivity contribution in [3.63, 3.8) is 0 Å². The Hall–Kier alpha value is -0.0700. The standard InChI is InChI=1S/C9H11NO3S.Na.H/c11-14(12,13)10-7-3-5-8-4-1-2-6-9(8)10;;/h1-2,4,6H,3,5,7H2,(H,11,12,13);;/q;+1;-1. The van der Waals surface area contributed by atoms with E-state index in [-0.39, 0.29) is 31.0 Å². The second kappa shape index (κ2) is 4.84. The molecule has 0 saturated carbocycles. The Labute approximate surface area is 113 Å². The fourth-order valence-corrected chi connectivity index (χ4v) is 2.53. The summed E-state index contributed by atoms with van der Waals surface area (Å²) in [5.41, 5.74) is 1.57. The Kier molecular flexibility index (Phi) is 4.20. The summed E-state index contributed by atoms with van der Waals surface area (Å²) in [5.74, 6) is 0. The molecule has 0 unspecified atom stereocenters. The van der Waals surface area contributed by atoms with E-state index in [2.05, 4.69) is 0 Å². The molecule has 78 valence electrons. The fraction of sp³-hybridized carbons (Fsp3) is 0.333. The van der Waals surface area contributed by atoms with Crippen molar-refractivity contribution in [1.29, 1.82) is 0 Å². The number of anilines is 1. The van der Waals surface area contributed by atoms with Gasteiger partial charge in [-0.1, -0.05) is 18.2 Å². The van der Waals surface area contributed by atoms with Gasteiger partial charge >= 0.3 is 39.9 Å². The molecule has 0 saturated heterocycles. The molecule has 1 heterocycles. The Morgan fingerprint density at radius 3 is 2.67 bits per heavy atom. The molecule has 6 heteroatoms. The Morgan fingerprint density at radius 1 is 1.33 bits per heavy atom. The summed E-state index contributed by atoms with van der Waals surface area (Å²) >= 11 is 0. The number of para-hydroxylation sites is 1. The predicted octanol–water partition coefficient (Wildman–Crippen LogP) is -1.64. The third-order valence-corrected chi connectivity index (χ3v) is 3.28. The van der Waals surface area contributed by atoms with Crippen molar-refractivity contribution in [3.8, 4) is 0 Å². The van der Waals surface area contributed by atoms with Crippen molar-refractivity contribution >= 4 is 16.0 Å². The minimum absolute atomic E-state index is 0. The molecular weight excluding hydrogens is 225 g/mol. The van der Waals surface area contributed by atoms with Gasteiger partial charge in [-0.25, -0.2) is 4.31 Å². The Bertz CT molecular complexity index is 452. The molecule has 15 heavy (non-hydrogen) atoms. The maximum absolute atomic E-state index is 11.0. The van der Waals surface area contributed by atoms with E-state index in [1.807, 2.05) is 12.1 Å². The summed E-state index contributed by atoms with van der Waals surface area (Å²) in [4.78, 5) is 0. The first kappa shape index (κ1) is 13.0. The van der Waals surface area contributed by atoms with Gasteiger partial charge in [0.05, 0.1) is 5.69 Å². The monoisotopic (exact) mass is 237 g/mol. The quantitative estimate of drug-likeness (QED) is 0.471. The first-order chi connectivity index (χ1) is 6.59. The van der Waals surface area contributed by atoms with E-state index in [1.165, 1.54) is 0 Å². The van der Waals surface area contributed by atoms with Gasteiger partial charge in [-0.3, -0.25) is 4.55 Å². The van der Waals surface area contributed by atoms with Gasteiger partial charge < -0.3 is 1.43 Å². The molecule has 2 rings (SSSR count). The van der Waals surface area contributed by atoms with Crippen LogP contribution in [-0.2, 0) is 16.7 Å². The molecule has 0 fully saturated rings. The van der Waals surface area contributed by atoms with Crippen molar-refractivity contribution in [2.75, 3.05) is 10.8 Å². The molecule has 0 spiro atoms. The zero-order valence-corrected chi connectivity index (χ0v) is 11.4. The molecule has 4 nitrogen and oxygen atoms in total. The smallest absolute Gasteiger partial charge is 1.00 e. The maximum Gasteiger partial charge on any atom is 1.00 e. The average Bonchev–Trinajstić information content (AvgIpc) is 2.15. The number of hydrogen-bond donors (Lipinski definition) is 1. The number of benzene rings is 1. The van der Waals surface area contributed by atoms with Gasteiger partial charge in [-0.15, -0.1) is 0 Å². The second-order valence-electron chi connectivity index (χ2n) is 3.28. The van der Waals surface area contributed by atoms with Gasteiger partial charge in [0, 0.05) is 6.54 Å². The first-order valence-corrected chi connectivity index (χ1v) is 5.82. The molecule has 0 aliphatic carbocycles. The molecular formula is C9H12NNaO3S. The molecule has 0 radical (unpaired) electrons. The van der Waals surface area contributed by atoms with Crippen LogP contribution in [0.2, 0.25) is 0 Å². The summed E-state index contributed by atoms with van der Waals surface area (Å²) < 4.78 is 32.1. The molecule has 1 aromatic rings. The van der Waals surface area contributed by atoms with E-state index in [9.17, 15) is 8.42 Å². The van der Waals surface area contributed by atoms with E-state index in [0.29, 0.717) is 12.2 Å². The molecule has 0 atom stereocenters. The topological polar surface area (TPSA) is 57.6 Å². The molecule has 0 bridgehead atoms. The maximum atomic E-state index is 11.0.